The van der Waals surface area contributed by atoms with Gasteiger partial charge in [0.1, 0.15) is 0 Å². The van der Waals surface area contributed by atoms with Crippen LogP contribution in [-0.4, -0.2) is 29.1 Å². The van der Waals surface area contributed by atoms with E-state index in [1.807, 2.05) is 17.0 Å². The summed E-state index contributed by atoms with van der Waals surface area (Å²) in [5.74, 6) is 1.57. The third kappa shape index (κ3) is 4.31. The predicted octanol–water partition coefficient (Wildman–Crippen LogP) is 4.63. The molecule has 0 aromatic heterocycles. The number of carbonyl (C=O) groups excluding carboxylic acids is 1. The molecule has 0 saturated carbocycles. The second-order valence-corrected chi connectivity index (χ2v) is 6.97. The average Bonchev–Trinajstić information content (AvgIpc) is 2.43. The minimum absolute atomic E-state index is 0.252. The Kier molecular flexibility index (Phi) is 6.06. The smallest absolute Gasteiger partial charge is 0.232 e. The SMILES string of the molecule is CC1CCCCN1C(=O)CSCc1ccc(Cl)c(Cl)c1. The second kappa shape index (κ2) is 7.58. The molecule has 1 saturated heterocycles. The lowest BCUT2D eigenvalue weighted by Gasteiger charge is -2.33. The van der Waals surface area contributed by atoms with E-state index in [1.165, 1.54) is 6.42 Å². The molecule has 1 aliphatic rings. The zero-order chi connectivity index (χ0) is 14.5. The first-order chi connectivity index (χ1) is 9.58. The summed E-state index contributed by atoms with van der Waals surface area (Å²) in [7, 11) is 0. The Hall–Kier alpha value is -0.380. The van der Waals surface area contributed by atoms with Crippen LogP contribution in [-0.2, 0) is 10.5 Å². The number of likely N-dealkylation sites (tertiary alicyclic amines) is 1. The quantitative estimate of drug-likeness (QED) is 0.801. The fourth-order valence-electron chi connectivity index (χ4n) is 2.44. The van der Waals surface area contributed by atoms with E-state index in [2.05, 4.69) is 6.92 Å². The number of nitrogens with zero attached hydrogens (tertiary/aromatic N) is 1. The van der Waals surface area contributed by atoms with Gasteiger partial charge in [0.05, 0.1) is 15.8 Å². The van der Waals surface area contributed by atoms with Gasteiger partial charge in [0, 0.05) is 18.3 Å². The standard InChI is InChI=1S/C15H19Cl2NOS/c1-11-4-2-3-7-18(11)15(19)10-20-9-12-5-6-13(16)14(17)8-12/h5-6,8,11H,2-4,7,9-10H2,1H3. The normalized spacial score (nSPS) is 19.1. The summed E-state index contributed by atoms with van der Waals surface area (Å²) in [6.45, 7) is 3.05. The lowest BCUT2D eigenvalue weighted by molar-refractivity contribution is -0.131. The van der Waals surface area contributed by atoms with Crippen molar-refractivity contribution in [1.82, 2.24) is 4.90 Å². The number of benzene rings is 1. The summed E-state index contributed by atoms with van der Waals surface area (Å²) in [5.41, 5.74) is 1.10. The molecule has 20 heavy (non-hydrogen) atoms. The van der Waals surface area contributed by atoms with Gasteiger partial charge in [-0.25, -0.2) is 0 Å². The zero-order valence-corrected chi connectivity index (χ0v) is 13.9. The molecule has 1 aromatic carbocycles. The minimum atomic E-state index is 0.252. The number of piperidine rings is 1. The summed E-state index contributed by atoms with van der Waals surface area (Å²) in [6, 6.07) is 6.01. The molecule has 1 unspecified atom stereocenters. The molecular weight excluding hydrogens is 313 g/mol. The molecule has 1 amide bonds. The highest BCUT2D eigenvalue weighted by molar-refractivity contribution is 7.99. The maximum Gasteiger partial charge on any atom is 0.232 e. The van der Waals surface area contributed by atoms with Crippen molar-refractivity contribution < 1.29 is 4.79 Å². The van der Waals surface area contributed by atoms with Crippen LogP contribution in [0.5, 0.6) is 0 Å². The van der Waals surface area contributed by atoms with Crippen LogP contribution in [0.3, 0.4) is 0 Å². The van der Waals surface area contributed by atoms with Crippen molar-refractivity contribution in [3.63, 3.8) is 0 Å². The van der Waals surface area contributed by atoms with Crippen LogP contribution in [0, 0.1) is 0 Å². The number of halogens is 2. The Bertz CT molecular complexity index is 481. The third-order valence-electron chi connectivity index (χ3n) is 3.60. The van der Waals surface area contributed by atoms with Crippen molar-refractivity contribution in [2.45, 2.75) is 38.0 Å². The molecule has 0 N–H and O–H groups in total. The van der Waals surface area contributed by atoms with Crippen molar-refractivity contribution in [2.75, 3.05) is 12.3 Å². The molecular formula is C15H19Cl2NOS. The molecule has 1 fully saturated rings. The van der Waals surface area contributed by atoms with Crippen molar-refractivity contribution in [3.05, 3.63) is 33.8 Å². The summed E-state index contributed by atoms with van der Waals surface area (Å²) in [4.78, 5) is 14.2. The summed E-state index contributed by atoms with van der Waals surface area (Å²) < 4.78 is 0. The van der Waals surface area contributed by atoms with E-state index in [0.717, 1.165) is 30.7 Å². The van der Waals surface area contributed by atoms with Crippen LogP contribution in [0.1, 0.15) is 31.7 Å². The van der Waals surface area contributed by atoms with Crippen LogP contribution < -0.4 is 0 Å². The average molecular weight is 332 g/mol. The molecule has 1 heterocycles. The first kappa shape index (κ1) is 16.0. The fraction of sp³-hybridized carbons (Fsp3) is 0.533. The van der Waals surface area contributed by atoms with Crippen molar-refractivity contribution >= 4 is 40.9 Å². The Morgan fingerprint density at radius 2 is 2.15 bits per heavy atom. The lowest BCUT2D eigenvalue weighted by Crippen LogP contribution is -2.42. The van der Waals surface area contributed by atoms with E-state index in [1.54, 1.807) is 17.8 Å². The number of amides is 1. The molecule has 110 valence electrons. The topological polar surface area (TPSA) is 20.3 Å². The van der Waals surface area contributed by atoms with Crippen LogP contribution in [0.25, 0.3) is 0 Å². The second-order valence-electron chi connectivity index (χ2n) is 5.17. The number of rotatable bonds is 4. The highest BCUT2D eigenvalue weighted by atomic mass is 35.5. The number of carbonyl (C=O) groups is 1. The summed E-state index contributed by atoms with van der Waals surface area (Å²) in [6.07, 6.45) is 3.50. The Balaban J connectivity index is 1.80. The van der Waals surface area contributed by atoms with Gasteiger partial charge in [-0.3, -0.25) is 4.79 Å². The molecule has 1 atom stereocenters. The van der Waals surface area contributed by atoms with Crippen LogP contribution in [0.15, 0.2) is 18.2 Å². The molecule has 5 heteroatoms. The van der Waals surface area contributed by atoms with E-state index in [0.29, 0.717) is 21.8 Å². The van der Waals surface area contributed by atoms with E-state index in [9.17, 15) is 4.79 Å². The lowest BCUT2D eigenvalue weighted by atomic mass is 10.0. The molecule has 2 nitrogen and oxygen atoms in total. The summed E-state index contributed by atoms with van der Waals surface area (Å²) in [5, 5.41) is 1.14. The van der Waals surface area contributed by atoms with Gasteiger partial charge in [0.2, 0.25) is 5.91 Å². The highest BCUT2D eigenvalue weighted by Crippen LogP contribution is 2.25. The monoisotopic (exact) mass is 331 g/mol. The third-order valence-corrected chi connectivity index (χ3v) is 5.33. The van der Waals surface area contributed by atoms with Crippen molar-refractivity contribution in [1.29, 1.82) is 0 Å². The summed E-state index contributed by atoms with van der Waals surface area (Å²) >= 11 is 13.5. The zero-order valence-electron chi connectivity index (χ0n) is 11.6. The van der Waals surface area contributed by atoms with E-state index in [-0.39, 0.29) is 5.91 Å². The Labute approximate surface area is 134 Å². The van der Waals surface area contributed by atoms with Gasteiger partial charge in [-0.1, -0.05) is 29.3 Å². The first-order valence-electron chi connectivity index (χ1n) is 6.89. The molecule has 1 aliphatic heterocycles. The maximum atomic E-state index is 12.2. The largest absolute Gasteiger partial charge is 0.339 e. The molecule has 1 aromatic rings. The maximum absolute atomic E-state index is 12.2. The number of hydrogen-bond donors (Lipinski definition) is 0. The fourth-order valence-corrected chi connectivity index (χ4v) is 3.62. The molecule has 0 spiro atoms. The van der Waals surface area contributed by atoms with Gasteiger partial charge in [-0.15, -0.1) is 11.8 Å². The van der Waals surface area contributed by atoms with Crippen LogP contribution in [0.2, 0.25) is 10.0 Å². The molecule has 0 radical (unpaired) electrons. The van der Waals surface area contributed by atoms with Crippen LogP contribution in [0.4, 0.5) is 0 Å². The van der Waals surface area contributed by atoms with Crippen molar-refractivity contribution in [2.24, 2.45) is 0 Å². The van der Waals surface area contributed by atoms with Gasteiger partial charge in [0.25, 0.3) is 0 Å². The Morgan fingerprint density at radius 3 is 2.85 bits per heavy atom. The minimum Gasteiger partial charge on any atom is -0.339 e. The van der Waals surface area contributed by atoms with Gasteiger partial charge in [-0.05, 0) is 43.9 Å². The van der Waals surface area contributed by atoms with Gasteiger partial charge in [0.15, 0.2) is 0 Å². The van der Waals surface area contributed by atoms with Crippen LogP contribution >= 0.6 is 35.0 Å². The van der Waals surface area contributed by atoms with E-state index < -0.39 is 0 Å². The van der Waals surface area contributed by atoms with Gasteiger partial charge in [-0.2, -0.15) is 0 Å². The number of hydrogen-bond acceptors (Lipinski definition) is 2. The molecule has 0 bridgehead atoms. The van der Waals surface area contributed by atoms with Crippen molar-refractivity contribution in [3.8, 4) is 0 Å². The predicted molar refractivity (Wildman–Crippen MR) is 87.7 cm³/mol. The Morgan fingerprint density at radius 1 is 1.35 bits per heavy atom. The van der Waals surface area contributed by atoms with E-state index in [4.69, 9.17) is 23.2 Å². The molecule has 0 aliphatic carbocycles. The van der Waals surface area contributed by atoms with E-state index >= 15 is 0 Å². The molecule has 2 rings (SSSR count). The highest BCUT2D eigenvalue weighted by Gasteiger charge is 2.22. The van der Waals surface area contributed by atoms with Gasteiger partial charge < -0.3 is 4.90 Å². The first-order valence-corrected chi connectivity index (χ1v) is 8.80. The number of thioether (sulfide) groups is 1. The van der Waals surface area contributed by atoms with Gasteiger partial charge >= 0.3 is 0 Å².